The van der Waals surface area contributed by atoms with E-state index in [1.165, 1.54) is 0 Å². The van der Waals surface area contributed by atoms with Crippen LogP contribution in [0.15, 0.2) is 67.0 Å². The molecular formula is C21H19N3O4. The zero-order valence-corrected chi connectivity index (χ0v) is 15.2. The number of amides is 2. The number of carbonyl (C=O) groups excluding carboxylic acids is 2. The number of rotatable bonds is 5. The third-order valence-electron chi connectivity index (χ3n) is 4.48. The molecule has 28 heavy (non-hydrogen) atoms. The van der Waals surface area contributed by atoms with Crippen LogP contribution in [-0.4, -0.2) is 23.2 Å². The lowest BCUT2D eigenvalue weighted by atomic mass is 10.2. The molecule has 7 heteroatoms. The van der Waals surface area contributed by atoms with Gasteiger partial charge in [-0.05, 0) is 55.5 Å². The number of benzene rings is 2. The Morgan fingerprint density at radius 2 is 1.64 bits per heavy atom. The number of fused-ring (bicyclic) bond motifs is 1. The van der Waals surface area contributed by atoms with Gasteiger partial charge in [-0.15, -0.1) is 0 Å². The molecule has 2 N–H and O–H groups in total. The Morgan fingerprint density at radius 1 is 0.929 bits per heavy atom. The van der Waals surface area contributed by atoms with Gasteiger partial charge in [0.05, 0.1) is 0 Å². The molecule has 1 atom stereocenters. The van der Waals surface area contributed by atoms with Crippen molar-refractivity contribution in [3.63, 3.8) is 0 Å². The third kappa shape index (κ3) is 3.68. The van der Waals surface area contributed by atoms with Gasteiger partial charge >= 0.3 is 0 Å². The van der Waals surface area contributed by atoms with Crippen molar-refractivity contribution in [1.29, 1.82) is 0 Å². The van der Waals surface area contributed by atoms with Crippen LogP contribution < -0.4 is 20.1 Å². The van der Waals surface area contributed by atoms with Crippen LogP contribution in [-0.2, 0) is 4.79 Å². The second-order valence-electron chi connectivity index (χ2n) is 6.40. The first-order chi connectivity index (χ1) is 13.6. The minimum absolute atomic E-state index is 0.143. The molecule has 1 aliphatic heterocycles. The largest absolute Gasteiger partial charge is 0.454 e. The number of nitrogens with zero attached hydrogens (tertiary/aromatic N) is 1. The molecule has 2 aromatic carbocycles. The van der Waals surface area contributed by atoms with E-state index in [0.29, 0.717) is 28.4 Å². The molecule has 2 amide bonds. The summed E-state index contributed by atoms with van der Waals surface area (Å²) in [5.41, 5.74) is 1.64. The fourth-order valence-corrected chi connectivity index (χ4v) is 2.90. The summed E-state index contributed by atoms with van der Waals surface area (Å²) >= 11 is 0. The molecule has 3 aromatic rings. The number of anilines is 2. The molecule has 0 aliphatic carbocycles. The first kappa shape index (κ1) is 17.7. The maximum atomic E-state index is 12.5. The van der Waals surface area contributed by atoms with Crippen LogP contribution in [0.3, 0.4) is 0 Å². The van der Waals surface area contributed by atoms with Gasteiger partial charge < -0.3 is 24.7 Å². The molecule has 1 aromatic heterocycles. The van der Waals surface area contributed by atoms with Crippen LogP contribution in [0.25, 0.3) is 0 Å². The van der Waals surface area contributed by atoms with Crippen molar-refractivity contribution < 1.29 is 19.1 Å². The number of nitrogens with one attached hydrogen (secondary N) is 2. The molecular weight excluding hydrogens is 358 g/mol. The number of hydrogen-bond donors (Lipinski definition) is 2. The van der Waals surface area contributed by atoms with E-state index in [9.17, 15) is 9.59 Å². The van der Waals surface area contributed by atoms with E-state index in [4.69, 9.17) is 9.47 Å². The number of ether oxygens (including phenoxy) is 2. The van der Waals surface area contributed by atoms with Crippen molar-refractivity contribution in [3.8, 4) is 11.5 Å². The summed E-state index contributed by atoms with van der Waals surface area (Å²) < 4.78 is 12.4. The maximum absolute atomic E-state index is 12.5. The van der Waals surface area contributed by atoms with Crippen molar-refractivity contribution in [2.24, 2.45) is 0 Å². The average Bonchev–Trinajstić information content (AvgIpc) is 3.38. The summed E-state index contributed by atoms with van der Waals surface area (Å²) in [6.45, 7) is 1.98. The summed E-state index contributed by atoms with van der Waals surface area (Å²) in [4.78, 5) is 24.9. The van der Waals surface area contributed by atoms with Crippen LogP contribution in [0.2, 0.25) is 0 Å². The molecule has 0 fully saturated rings. The molecule has 7 nitrogen and oxygen atoms in total. The zero-order chi connectivity index (χ0) is 19.5. The molecule has 0 spiro atoms. The van der Waals surface area contributed by atoms with Crippen LogP contribution in [0.4, 0.5) is 11.4 Å². The van der Waals surface area contributed by atoms with Crippen LogP contribution >= 0.6 is 0 Å². The molecule has 0 radical (unpaired) electrons. The first-order valence-electron chi connectivity index (χ1n) is 8.84. The van der Waals surface area contributed by atoms with E-state index in [1.807, 2.05) is 36.0 Å². The van der Waals surface area contributed by atoms with Crippen molar-refractivity contribution >= 4 is 23.2 Å². The fraction of sp³-hybridized carbons (Fsp3) is 0.143. The lowest BCUT2D eigenvalue weighted by Gasteiger charge is -2.14. The Hall–Kier alpha value is -3.74. The van der Waals surface area contributed by atoms with Gasteiger partial charge in [0, 0.05) is 29.3 Å². The van der Waals surface area contributed by atoms with Gasteiger partial charge in [0.25, 0.3) is 5.91 Å². The Morgan fingerprint density at radius 3 is 2.43 bits per heavy atom. The number of carbonyl (C=O) groups is 2. The first-order valence-corrected chi connectivity index (χ1v) is 8.84. The normalized spacial score (nSPS) is 13.0. The van der Waals surface area contributed by atoms with E-state index in [1.54, 1.807) is 42.5 Å². The van der Waals surface area contributed by atoms with Crippen LogP contribution in [0.5, 0.6) is 11.5 Å². The summed E-state index contributed by atoms with van der Waals surface area (Å²) in [5, 5.41) is 5.70. The minimum atomic E-state index is -0.345. The summed E-state index contributed by atoms with van der Waals surface area (Å²) in [5.74, 6) is 0.753. The van der Waals surface area contributed by atoms with Gasteiger partial charge in [0.2, 0.25) is 12.7 Å². The van der Waals surface area contributed by atoms with Crippen molar-refractivity contribution in [2.45, 2.75) is 13.0 Å². The molecule has 1 aliphatic rings. The topological polar surface area (TPSA) is 81.6 Å². The highest BCUT2D eigenvalue weighted by atomic mass is 16.7. The molecule has 0 bridgehead atoms. The molecule has 4 rings (SSSR count). The van der Waals surface area contributed by atoms with E-state index in [2.05, 4.69) is 10.6 Å². The molecule has 2 heterocycles. The Bertz CT molecular complexity index is 1010. The van der Waals surface area contributed by atoms with Gasteiger partial charge in [0.15, 0.2) is 11.5 Å². The standard InChI is InChI=1S/C21H19N3O4/c1-14(24-9-2-3-10-24)20(25)22-16-5-4-6-17(12-16)23-21(26)15-7-8-18-19(11-15)28-13-27-18/h2-12,14H,13H2,1H3,(H,22,25)(H,23,26)/t14-/m0/s1. The predicted molar refractivity (Wildman–Crippen MR) is 105 cm³/mol. The number of hydrogen-bond acceptors (Lipinski definition) is 4. The quantitative estimate of drug-likeness (QED) is 0.711. The highest BCUT2D eigenvalue weighted by Gasteiger charge is 2.17. The summed E-state index contributed by atoms with van der Waals surface area (Å²) in [6.07, 6.45) is 3.68. The van der Waals surface area contributed by atoms with Gasteiger partial charge in [-0.25, -0.2) is 0 Å². The van der Waals surface area contributed by atoms with Gasteiger partial charge in [-0.1, -0.05) is 6.07 Å². The fourth-order valence-electron chi connectivity index (χ4n) is 2.90. The lowest BCUT2D eigenvalue weighted by Crippen LogP contribution is -2.22. The molecule has 142 valence electrons. The number of aromatic nitrogens is 1. The molecule has 0 saturated carbocycles. The SMILES string of the molecule is C[C@@H](C(=O)Nc1cccc(NC(=O)c2ccc3c(c2)OCO3)c1)n1cccc1. The van der Waals surface area contributed by atoms with Crippen molar-refractivity contribution in [1.82, 2.24) is 4.57 Å². The molecule has 0 saturated heterocycles. The van der Waals surface area contributed by atoms with Gasteiger partial charge in [-0.3, -0.25) is 9.59 Å². The van der Waals surface area contributed by atoms with E-state index >= 15 is 0 Å². The van der Waals surface area contributed by atoms with E-state index in [0.717, 1.165) is 0 Å². The van der Waals surface area contributed by atoms with Crippen molar-refractivity contribution in [2.75, 3.05) is 17.4 Å². The Kier molecular flexibility index (Phi) is 4.72. The lowest BCUT2D eigenvalue weighted by molar-refractivity contribution is -0.118. The molecule has 0 unspecified atom stereocenters. The highest BCUT2D eigenvalue weighted by Crippen LogP contribution is 2.32. The third-order valence-corrected chi connectivity index (χ3v) is 4.48. The predicted octanol–water partition coefficient (Wildman–Crippen LogP) is 3.67. The van der Waals surface area contributed by atoms with Crippen molar-refractivity contribution in [3.05, 3.63) is 72.6 Å². The van der Waals surface area contributed by atoms with Crippen LogP contribution in [0, 0.1) is 0 Å². The highest BCUT2D eigenvalue weighted by molar-refractivity contribution is 6.05. The minimum Gasteiger partial charge on any atom is -0.454 e. The average molecular weight is 377 g/mol. The van der Waals surface area contributed by atoms with Crippen LogP contribution in [0.1, 0.15) is 23.3 Å². The second kappa shape index (κ2) is 7.48. The Labute approximate surface area is 161 Å². The van der Waals surface area contributed by atoms with Gasteiger partial charge in [0.1, 0.15) is 6.04 Å². The monoisotopic (exact) mass is 377 g/mol. The van der Waals surface area contributed by atoms with Gasteiger partial charge in [-0.2, -0.15) is 0 Å². The second-order valence-corrected chi connectivity index (χ2v) is 6.40. The summed E-state index contributed by atoms with van der Waals surface area (Å²) in [6, 6.07) is 15.4. The van der Waals surface area contributed by atoms with E-state index in [-0.39, 0.29) is 24.6 Å². The van der Waals surface area contributed by atoms with E-state index < -0.39 is 0 Å². The Balaban J connectivity index is 1.43. The summed E-state index contributed by atoms with van der Waals surface area (Å²) in [7, 11) is 0. The smallest absolute Gasteiger partial charge is 0.255 e. The maximum Gasteiger partial charge on any atom is 0.255 e. The zero-order valence-electron chi connectivity index (χ0n) is 15.2.